The summed E-state index contributed by atoms with van der Waals surface area (Å²) in [5.74, 6) is 0.330. The molecule has 0 spiro atoms. The lowest BCUT2D eigenvalue weighted by molar-refractivity contribution is 0.163. The monoisotopic (exact) mass is 201 g/mol. The van der Waals surface area contributed by atoms with Crippen LogP contribution >= 0.6 is 0 Å². The van der Waals surface area contributed by atoms with Crippen LogP contribution in [-0.4, -0.2) is 23.4 Å². The van der Waals surface area contributed by atoms with Gasteiger partial charge in [0, 0.05) is 17.5 Å². The van der Waals surface area contributed by atoms with Gasteiger partial charge in [-0.25, -0.2) is 4.39 Å². The number of hydrogen-bond donors (Lipinski definition) is 0. The highest BCUT2D eigenvalue weighted by atomic mass is 19.1. The number of fused-ring (bicyclic) bond motifs is 1. The molecule has 80 valence electrons. The van der Waals surface area contributed by atoms with E-state index in [4.69, 9.17) is 5.48 Å². The van der Waals surface area contributed by atoms with Gasteiger partial charge in [0.2, 0.25) is 0 Å². The Morgan fingerprint density at radius 3 is 3.14 bits per heavy atom. The molecule has 2 rings (SSSR count). The van der Waals surface area contributed by atoms with Gasteiger partial charge in [0.05, 0.1) is 6.33 Å². The van der Waals surface area contributed by atoms with Gasteiger partial charge in [-0.2, -0.15) is 0 Å². The summed E-state index contributed by atoms with van der Waals surface area (Å²) in [4.78, 5) is 1.29. The van der Waals surface area contributed by atoms with Crippen LogP contribution in [0.5, 0.6) is 0 Å². The lowest BCUT2D eigenvalue weighted by Gasteiger charge is -2.33. The highest BCUT2D eigenvalue weighted by molar-refractivity contribution is 5.18. The van der Waals surface area contributed by atoms with Crippen LogP contribution in [0, 0.1) is 5.92 Å². The first kappa shape index (κ1) is 6.26. The molecule has 2 saturated heterocycles. The minimum absolute atomic E-state index is 0.0757. The fourth-order valence-electron chi connectivity index (χ4n) is 2.63. The van der Waals surface area contributed by atoms with Gasteiger partial charge >= 0.3 is 0 Å². The number of nitrogens with zero attached hydrogens (tertiary/aromatic N) is 1. The van der Waals surface area contributed by atoms with E-state index in [1.54, 1.807) is 0 Å². The van der Waals surface area contributed by atoms with Crippen LogP contribution in [0.3, 0.4) is 0 Å². The standard InChI is InChI=1S/C12H20FN/c1-10(2)6-12-4-3-5-14(12)9-11(7-12)8-13/h8,10H,3-7,9H2,1-2H3/b11-8-/t12-/m1/s1/i5D2,9D2. The molecule has 2 aliphatic rings. The fraction of sp³-hybridized carbons (Fsp3) is 0.833. The van der Waals surface area contributed by atoms with Gasteiger partial charge < -0.3 is 0 Å². The summed E-state index contributed by atoms with van der Waals surface area (Å²) in [6.07, 6.45) is 2.24. The zero-order valence-corrected chi connectivity index (χ0v) is 8.81. The molecule has 0 radical (unpaired) electrons. The summed E-state index contributed by atoms with van der Waals surface area (Å²) in [5, 5.41) is 0. The van der Waals surface area contributed by atoms with Crippen molar-refractivity contribution in [3.63, 3.8) is 0 Å². The van der Waals surface area contributed by atoms with E-state index in [-0.39, 0.29) is 5.57 Å². The first-order valence-electron chi connectivity index (χ1n) is 7.26. The highest BCUT2D eigenvalue weighted by Crippen LogP contribution is 2.45. The molecule has 1 atom stereocenters. The summed E-state index contributed by atoms with van der Waals surface area (Å²) < 4.78 is 45.0. The van der Waals surface area contributed by atoms with Crippen molar-refractivity contribution in [3.8, 4) is 0 Å². The molecule has 14 heavy (non-hydrogen) atoms. The van der Waals surface area contributed by atoms with Crippen LogP contribution in [0.4, 0.5) is 4.39 Å². The van der Waals surface area contributed by atoms with Crippen molar-refractivity contribution < 1.29 is 9.87 Å². The number of halogens is 1. The van der Waals surface area contributed by atoms with Crippen molar-refractivity contribution in [2.75, 3.05) is 13.0 Å². The fourth-order valence-corrected chi connectivity index (χ4v) is 2.63. The second-order valence-electron chi connectivity index (χ2n) is 4.74. The van der Waals surface area contributed by atoms with Gasteiger partial charge in [-0.05, 0) is 43.7 Å². The first-order valence-corrected chi connectivity index (χ1v) is 5.26. The molecule has 0 unspecified atom stereocenters. The van der Waals surface area contributed by atoms with Gasteiger partial charge in [-0.3, -0.25) is 4.90 Å². The van der Waals surface area contributed by atoms with E-state index in [9.17, 15) is 4.39 Å². The molecule has 0 saturated carbocycles. The summed E-state index contributed by atoms with van der Waals surface area (Å²) in [7, 11) is 0. The van der Waals surface area contributed by atoms with Crippen LogP contribution in [0.25, 0.3) is 0 Å². The predicted octanol–water partition coefficient (Wildman–Crippen LogP) is 3.12. The topological polar surface area (TPSA) is 3.24 Å². The molecule has 0 bridgehead atoms. The van der Waals surface area contributed by atoms with Crippen molar-refractivity contribution in [2.45, 2.75) is 45.1 Å². The summed E-state index contributed by atoms with van der Waals surface area (Å²) in [6.45, 7) is 0.369. The molecule has 0 aromatic carbocycles. The zero-order chi connectivity index (χ0) is 13.8. The van der Waals surface area contributed by atoms with E-state index in [1.807, 2.05) is 13.8 Å². The number of hydrogen-bond acceptors (Lipinski definition) is 1. The molecule has 0 aromatic rings. The Morgan fingerprint density at radius 2 is 2.50 bits per heavy atom. The van der Waals surface area contributed by atoms with Gasteiger partial charge in [-0.15, -0.1) is 0 Å². The Bertz CT molecular complexity index is 380. The van der Waals surface area contributed by atoms with E-state index in [2.05, 4.69) is 0 Å². The Kier molecular flexibility index (Phi) is 1.63. The molecule has 2 heterocycles. The second kappa shape index (κ2) is 3.65. The average molecular weight is 201 g/mol. The largest absolute Gasteiger partial charge is 0.293 e. The Morgan fingerprint density at radius 1 is 1.71 bits per heavy atom. The third kappa shape index (κ3) is 1.60. The molecule has 0 N–H and O–H groups in total. The van der Waals surface area contributed by atoms with Crippen molar-refractivity contribution in [3.05, 3.63) is 11.9 Å². The Labute approximate surface area is 91.6 Å². The van der Waals surface area contributed by atoms with Crippen LogP contribution in [0.2, 0.25) is 0 Å². The molecule has 0 aromatic heterocycles. The molecule has 2 fully saturated rings. The first-order chi connectivity index (χ1) is 8.16. The van der Waals surface area contributed by atoms with E-state index < -0.39 is 18.5 Å². The van der Waals surface area contributed by atoms with Crippen molar-refractivity contribution in [1.29, 1.82) is 0 Å². The van der Waals surface area contributed by atoms with Crippen LogP contribution < -0.4 is 0 Å². The van der Waals surface area contributed by atoms with Crippen molar-refractivity contribution in [1.82, 2.24) is 4.90 Å². The van der Waals surface area contributed by atoms with E-state index in [0.717, 1.165) is 0 Å². The maximum absolute atomic E-state index is 12.9. The summed E-state index contributed by atoms with van der Waals surface area (Å²) in [6, 6.07) is 0. The van der Waals surface area contributed by atoms with E-state index in [1.165, 1.54) is 4.90 Å². The van der Waals surface area contributed by atoms with Gasteiger partial charge in [0.25, 0.3) is 0 Å². The van der Waals surface area contributed by atoms with E-state index in [0.29, 0.717) is 37.9 Å². The summed E-state index contributed by atoms with van der Waals surface area (Å²) in [5.41, 5.74) is -0.481. The molecule has 2 aliphatic heterocycles. The third-order valence-corrected chi connectivity index (χ3v) is 3.03. The maximum Gasteiger partial charge on any atom is 0.0872 e. The minimum atomic E-state index is -2.01. The van der Waals surface area contributed by atoms with Gasteiger partial charge in [-0.1, -0.05) is 13.8 Å². The van der Waals surface area contributed by atoms with Gasteiger partial charge in [0.15, 0.2) is 0 Å². The molecular formula is C12H20FN. The quantitative estimate of drug-likeness (QED) is 0.663. The smallest absolute Gasteiger partial charge is 0.0872 e. The zero-order valence-electron chi connectivity index (χ0n) is 12.8. The number of rotatable bonds is 2. The SMILES string of the molecule is [2H]C1([2H])CC[C@@]2(CC(C)C)C/C(=C/F)C([2H])([2H])N12. The summed E-state index contributed by atoms with van der Waals surface area (Å²) >= 11 is 0. The highest BCUT2D eigenvalue weighted by Gasteiger charge is 2.46. The molecule has 0 amide bonds. The Hall–Kier alpha value is -0.370. The van der Waals surface area contributed by atoms with Crippen LogP contribution in [0.15, 0.2) is 11.9 Å². The van der Waals surface area contributed by atoms with Gasteiger partial charge in [0.1, 0.15) is 0 Å². The maximum atomic E-state index is 12.9. The molecule has 1 nitrogen and oxygen atoms in total. The minimum Gasteiger partial charge on any atom is -0.293 e. The van der Waals surface area contributed by atoms with Crippen LogP contribution in [0.1, 0.15) is 45.0 Å². The molecule has 0 aliphatic carbocycles. The predicted molar refractivity (Wildman–Crippen MR) is 56.8 cm³/mol. The Balaban J connectivity index is 2.47. The normalized spacial score (nSPS) is 47.3. The van der Waals surface area contributed by atoms with E-state index >= 15 is 0 Å². The van der Waals surface area contributed by atoms with Crippen molar-refractivity contribution >= 4 is 0 Å². The van der Waals surface area contributed by atoms with Crippen LogP contribution in [-0.2, 0) is 0 Å². The lowest BCUT2D eigenvalue weighted by Crippen LogP contribution is -2.39. The van der Waals surface area contributed by atoms with Crippen molar-refractivity contribution in [2.24, 2.45) is 5.92 Å². The third-order valence-electron chi connectivity index (χ3n) is 3.03. The second-order valence-corrected chi connectivity index (χ2v) is 4.74. The molecule has 2 heteroatoms. The molecular weight excluding hydrogens is 177 g/mol. The average Bonchev–Trinajstić information content (AvgIpc) is 2.58. The lowest BCUT2D eigenvalue weighted by atomic mass is 9.84.